The van der Waals surface area contributed by atoms with Crippen LogP contribution in [0.2, 0.25) is 0 Å². The molecule has 0 fully saturated rings. The summed E-state index contributed by atoms with van der Waals surface area (Å²) in [5.41, 5.74) is 0. The van der Waals surface area contributed by atoms with E-state index in [1.54, 1.807) is 12.2 Å². The van der Waals surface area contributed by atoms with Crippen LogP contribution in [0.4, 0.5) is 0 Å². The van der Waals surface area contributed by atoms with Gasteiger partial charge in [0.2, 0.25) is 0 Å². The lowest BCUT2D eigenvalue weighted by molar-refractivity contribution is -0.161. The Kier molecular flexibility index (Phi) is 34.1. The highest BCUT2D eigenvalue weighted by molar-refractivity contribution is 7.46. The third kappa shape index (κ3) is 32.7. The van der Waals surface area contributed by atoms with Gasteiger partial charge in [-0.2, -0.15) is 0 Å². The number of aliphatic hydroxyl groups excluding tert-OH is 1. The Balaban J connectivity index is 2.16. The summed E-state index contributed by atoms with van der Waals surface area (Å²) in [4.78, 5) is 55.5. The number of phosphoric acid groups is 1. The number of hydrogen-bond acceptors (Lipinski definition) is 8. The van der Waals surface area contributed by atoms with E-state index in [0.29, 0.717) is 32.1 Å². The van der Waals surface area contributed by atoms with Crippen molar-refractivity contribution in [3.63, 3.8) is 0 Å². The van der Waals surface area contributed by atoms with Crippen molar-refractivity contribution in [2.24, 2.45) is 11.8 Å². The molecule has 1 aliphatic rings. The molecule has 0 saturated carbocycles. The molecule has 10 nitrogen and oxygen atoms in total. The number of rotatable bonds is 40. The van der Waals surface area contributed by atoms with E-state index in [1.165, 1.54) is 109 Å². The molecule has 336 valence electrons. The number of carbonyl (C=O) groups excluding carboxylic acids is 3. The van der Waals surface area contributed by atoms with Crippen LogP contribution < -0.4 is 0 Å². The van der Waals surface area contributed by atoms with Crippen molar-refractivity contribution in [1.29, 1.82) is 0 Å². The first kappa shape index (κ1) is 53.9. The van der Waals surface area contributed by atoms with E-state index in [9.17, 15) is 24.1 Å². The minimum Gasteiger partial charge on any atom is -0.462 e. The zero-order chi connectivity index (χ0) is 42.5. The minimum atomic E-state index is -4.81. The van der Waals surface area contributed by atoms with E-state index in [0.717, 1.165) is 38.5 Å². The molecule has 11 heteroatoms. The number of ether oxygens (including phenoxy) is 2. The van der Waals surface area contributed by atoms with Gasteiger partial charge in [0.15, 0.2) is 11.9 Å². The van der Waals surface area contributed by atoms with Crippen LogP contribution in [0.3, 0.4) is 0 Å². The number of unbranched alkanes of at least 4 members (excludes halogenated alkanes) is 23. The molecule has 0 aromatic heterocycles. The van der Waals surface area contributed by atoms with Gasteiger partial charge in [-0.25, -0.2) is 4.57 Å². The van der Waals surface area contributed by atoms with Gasteiger partial charge in [0, 0.05) is 18.8 Å². The van der Waals surface area contributed by atoms with Crippen molar-refractivity contribution in [2.45, 2.75) is 219 Å². The van der Waals surface area contributed by atoms with Crippen LogP contribution >= 0.6 is 7.82 Å². The summed E-state index contributed by atoms with van der Waals surface area (Å²) in [6.07, 6.45) is 42.1. The highest BCUT2D eigenvalue weighted by Gasteiger charge is 2.27. The molecule has 3 N–H and O–H groups in total. The lowest BCUT2D eigenvalue weighted by Crippen LogP contribution is -2.29. The van der Waals surface area contributed by atoms with E-state index < -0.39 is 38.6 Å². The number of ketones is 1. The van der Waals surface area contributed by atoms with Crippen molar-refractivity contribution in [2.75, 3.05) is 13.2 Å². The topological polar surface area (TPSA) is 157 Å². The number of esters is 2. The maximum atomic E-state index is 12.5. The Hall–Kier alpha value is -2.10. The summed E-state index contributed by atoms with van der Waals surface area (Å²) < 4.78 is 26.5. The molecule has 4 atom stereocenters. The second kappa shape index (κ2) is 36.7. The molecule has 0 bridgehead atoms. The fourth-order valence-electron chi connectivity index (χ4n) is 7.31. The number of carbonyl (C=O) groups is 3. The number of allylic oxidation sites excluding steroid dienone is 5. The van der Waals surface area contributed by atoms with Crippen LogP contribution in [0.1, 0.15) is 206 Å². The largest absolute Gasteiger partial charge is 0.469 e. The summed E-state index contributed by atoms with van der Waals surface area (Å²) >= 11 is 0. The van der Waals surface area contributed by atoms with Gasteiger partial charge < -0.3 is 24.4 Å². The monoisotopic (exact) mass is 839 g/mol. The van der Waals surface area contributed by atoms with Crippen LogP contribution in [0.25, 0.3) is 0 Å². The van der Waals surface area contributed by atoms with E-state index >= 15 is 0 Å². The fraction of sp³-hybridized carbons (Fsp3) is 0.809. The van der Waals surface area contributed by atoms with Crippen molar-refractivity contribution in [3.8, 4) is 0 Å². The summed E-state index contributed by atoms with van der Waals surface area (Å²) in [5, 5.41) is 10.2. The first-order valence-corrected chi connectivity index (χ1v) is 24.9. The van der Waals surface area contributed by atoms with Crippen LogP contribution in [0.5, 0.6) is 0 Å². The highest BCUT2D eigenvalue weighted by atomic mass is 31.2. The summed E-state index contributed by atoms with van der Waals surface area (Å²) in [5.74, 6) is -1.24. The third-order valence-corrected chi connectivity index (χ3v) is 11.4. The Bertz CT molecular complexity index is 1180. The molecule has 0 aromatic carbocycles. The Morgan fingerprint density at radius 2 is 1.19 bits per heavy atom. The normalized spacial score (nSPS) is 16.8. The molecule has 0 amide bonds. The molecule has 0 unspecified atom stereocenters. The number of phosphoric ester groups is 1. The predicted octanol–water partition coefficient (Wildman–Crippen LogP) is 12.1. The van der Waals surface area contributed by atoms with Gasteiger partial charge in [-0.15, -0.1) is 0 Å². The van der Waals surface area contributed by atoms with Gasteiger partial charge in [0.25, 0.3) is 0 Å². The summed E-state index contributed by atoms with van der Waals surface area (Å²) in [6, 6.07) is 0. The molecule has 0 aliphatic heterocycles. The Labute approximate surface area is 352 Å². The zero-order valence-corrected chi connectivity index (χ0v) is 37.4. The second-order valence-corrected chi connectivity index (χ2v) is 17.6. The lowest BCUT2D eigenvalue weighted by Gasteiger charge is -2.18. The van der Waals surface area contributed by atoms with E-state index in [2.05, 4.69) is 18.4 Å². The standard InChI is InChI=1S/C47H83O10P/c1-3-5-7-8-9-10-11-12-13-14-15-16-17-18-19-20-21-22-23-24-30-34-47(51)57-43(40-56-58(52,53)54)39-55-46(50)33-29-26-25-28-31-41-35-38-45(49)44(41)37-36-42(48)32-27-6-4-2/h25,28,35-38,41-44,48H,3-24,26-27,29-34,39-40H2,1-2H3,(H2,52,53,54)/b28-25-,37-36+/t41-,42-,43+,44+/m0/s1. The molecule has 0 radical (unpaired) electrons. The van der Waals surface area contributed by atoms with Crippen LogP contribution in [-0.4, -0.2) is 58.0 Å². The molecule has 58 heavy (non-hydrogen) atoms. The average molecular weight is 839 g/mol. The first-order valence-electron chi connectivity index (χ1n) is 23.3. The predicted molar refractivity (Wildman–Crippen MR) is 234 cm³/mol. The molecular formula is C47H83O10P. The van der Waals surface area contributed by atoms with Gasteiger partial charge in [0.05, 0.1) is 12.7 Å². The maximum Gasteiger partial charge on any atom is 0.469 e. The van der Waals surface area contributed by atoms with Crippen molar-refractivity contribution in [1.82, 2.24) is 0 Å². The average Bonchev–Trinajstić information content (AvgIpc) is 3.54. The SMILES string of the molecule is CCCCCCCCCCCCCCCCCCCCCCCC(=O)O[C@H](COC(=O)CCC/C=C\C[C@H]1C=CC(=O)[C@@H]1/C=C/[C@@H](O)CCCCC)COP(=O)(O)O. The molecule has 0 spiro atoms. The molecule has 0 saturated heterocycles. The third-order valence-electron chi connectivity index (χ3n) is 10.9. The second-order valence-electron chi connectivity index (χ2n) is 16.4. The lowest BCUT2D eigenvalue weighted by atomic mass is 9.90. The number of hydrogen-bond donors (Lipinski definition) is 3. The quantitative estimate of drug-likeness (QED) is 0.0235. The molecular weight excluding hydrogens is 755 g/mol. The Morgan fingerprint density at radius 1 is 0.690 bits per heavy atom. The van der Waals surface area contributed by atoms with E-state index in [-0.39, 0.29) is 37.1 Å². The summed E-state index contributed by atoms with van der Waals surface area (Å²) in [7, 11) is -4.81. The smallest absolute Gasteiger partial charge is 0.462 e. The minimum absolute atomic E-state index is 0.0289. The van der Waals surface area contributed by atoms with Gasteiger partial charge in [-0.05, 0) is 44.1 Å². The van der Waals surface area contributed by atoms with Gasteiger partial charge in [-0.1, -0.05) is 192 Å². The molecule has 1 aliphatic carbocycles. The van der Waals surface area contributed by atoms with Crippen LogP contribution in [0, 0.1) is 11.8 Å². The molecule has 1 rings (SSSR count). The first-order chi connectivity index (χ1) is 28.1. The van der Waals surface area contributed by atoms with Crippen molar-refractivity contribution in [3.05, 3.63) is 36.5 Å². The molecule has 0 heterocycles. The van der Waals surface area contributed by atoms with Crippen molar-refractivity contribution >= 4 is 25.5 Å². The highest BCUT2D eigenvalue weighted by Crippen LogP contribution is 2.36. The van der Waals surface area contributed by atoms with Crippen LogP contribution in [0.15, 0.2) is 36.5 Å². The number of aliphatic hydroxyl groups is 1. The fourth-order valence-corrected chi connectivity index (χ4v) is 7.67. The summed E-state index contributed by atoms with van der Waals surface area (Å²) in [6.45, 7) is 3.44. The Morgan fingerprint density at radius 3 is 1.72 bits per heavy atom. The van der Waals surface area contributed by atoms with Crippen LogP contribution in [-0.2, 0) is 32.9 Å². The van der Waals surface area contributed by atoms with Gasteiger partial charge in [-0.3, -0.25) is 18.9 Å². The zero-order valence-electron chi connectivity index (χ0n) is 36.5. The van der Waals surface area contributed by atoms with E-state index in [1.807, 2.05) is 24.3 Å². The van der Waals surface area contributed by atoms with Gasteiger partial charge >= 0.3 is 19.8 Å². The molecule has 0 aromatic rings. The van der Waals surface area contributed by atoms with Crippen molar-refractivity contribution < 1.29 is 47.8 Å². The van der Waals surface area contributed by atoms with Gasteiger partial charge in [0.1, 0.15) is 6.61 Å². The van der Waals surface area contributed by atoms with E-state index in [4.69, 9.17) is 19.3 Å². The maximum absolute atomic E-state index is 12.5.